The number of amides is 2. The summed E-state index contributed by atoms with van der Waals surface area (Å²) in [6.07, 6.45) is 3.32. The van der Waals surface area contributed by atoms with Crippen LogP contribution in [-0.4, -0.2) is 48.3 Å². The van der Waals surface area contributed by atoms with Gasteiger partial charge in [0.15, 0.2) is 0 Å². The van der Waals surface area contributed by atoms with E-state index in [4.69, 9.17) is 4.74 Å². The molecule has 5 heteroatoms. The smallest absolute Gasteiger partial charge is 0.317 e. The Morgan fingerprint density at radius 3 is 2.77 bits per heavy atom. The van der Waals surface area contributed by atoms with Gasteiger partial charge >= 0.3 is 6.03 Å². The standard InChI is InChI=1S/C17H29N3O2/c1-13-8-7-10-18-15(13)12-14(2)20(5)16(21)19-11-9-17(3,4)22-6/h7-8,10,14H,9,11-12H2,1-6H3,(H,19,21)/t14-/m1/s1. The van der Waals surface area contributed by atoms with Crippen LogP contribution in [-0.2, 0) is 11.2 Å². The first-order valence-corrected chi connectivity index (χ1v) is 7.73. The van der Waals surface area contributed by atoms with Crippen molar-refractivity contribution in [2.75, 3.05) is 20.7 Å². The third kappa shape index (κ3) is 5.64. The summed E-state index contributed by atoms with van der Waals surface area (Å²) < 4.78 is 5.35. The summed E-state index contributed by atoms with van der Waals surface area (Å²) in [4.78, 5) is 18.3. The number of urea groups is 1. The predicted molar refractivity (Wildman–Crippen MR) is 89.0 cm³/mol. The maximum Gasteiger partial charge on any atom is 0.317 e. The first-order chi connectivity index (χ1) is 10.3. The second kappa shape index (κ2) is 8.13. The summed E-state index contributed by atoms with van der Waals surface area (Å²) in [5.41, 5.74) is 1.97. The third-order valence-electron chi connectivity index (χ3n) is 4.14. The van der Waals surface area contributed by atoms with Crippen LogP contribution in [0.15, 0.2) is 18.3 Å². The van der Waals surface area contributed by atoms with Crippen LogP contribution in [0.4, 0.5) is 4.79 Å². The van der Waals surface area contributed by atoms with E-state index in [1.165, 1.54) is 0 Å². The molecule has 0 fully saturated rings. The molecule has 1 atom stereocenters. The maximum absolute atomic E-state index is 12.2. The fourth-order valence-corrected chi connectivity index (χ4v) is 2.05. The topological polar surface area (TPSA) is 54.5 Å². The number of hydrogen-bond acceptors (Lipinski definition) is 3. The van der Waals surface area contributed by atoms with Gasteiger partial charge in [-0.1, -0.05) is 6.07 Å². The lowest BCUT2D eigenvalue weighted by atomic mass is 10.1. The number of likely N-dealkylation sites (N-methyl/N-ethyl adjacent to an activating group) is 1. The van der Waals surface area contributed by atoms with Crippen molar-refractivity contribution in [1.29, 1.82) is 0 Å². The summed E-state index contributed by atoms with van der Waals surface area (Å²) in [6.45, 7) is 8.69. The van der Waals surface area contributed by atoms with Gasteiger partial charge in [-0.05, 0) is 45.7 Å². The van der Waals surface area contributed by atoms with Crippen LogP contribution in [0.1, 0.15) is 38.4 Å². The highest BCUT2D eigenvalue weighted by molar-refractivity contribution is 5.74. The maximum atomic E-state index is 12.2. The molecule has 0 spiro atoms. The fraction of sp³-hybridized carbons (Fsp3) is 0.647. The van der Waals surface area contributed by atoms with Gasteiger partial charge in [0.1, 0.15) is 0 Å². The Hall–Kier alpha value is -1.62. The van der Waals surface area contributed by atoms with Crippen molar-refractivity contribution in [3.8, 4) is 0 Å². The van der Waals surface area contributed by atoms with Crippen LogP contribution < -0.4 is 5.32 Å². The molecule has 0 saturated heterocycles. The van der Waals surface area contributed by atoms with E-state index in [0.717, 1.165) is 24.1 Å². The molecule has 0 bridgehead atoms. The summed E-state index contributed by atoms with van der Waals surface area (Å²) in [5.74, 6) is 0. The monoisotopic (exact) mass is 307 g/mol. The highest BCUT2D eigenvalue weighted by Crippen LogP contribution is 2.12. The zero-order valence-electron chi connectivity index (χ0n) is 14.6. The molecule has 1 aromatic rings. The quantitative estimate of drug-likeness (QED) is 0.843. The molecule has 0 aliphatic heterocycles. The number of aryl methyl sites for hydroxylation is 1. The van der Waals surface area contributed by atoms with Crippen molar-refractivity contribution in [3.05, 3.63) is 29.6 Å². The van der Waals surface area contributed by atoms with Crippen LogP contribution in [0, 0.1) is 6.92 Å². The van der Waals surface area contributed by atoms with E-state index < -0.39 is 0 Å². The molecule has 124 valence electrons. The van der Waals surface area contributed by atoms with Gasteiger partial charge < -0.3 is 15.0 Å². The number of pyridine rings is 1. The van der Waals surface area contributed by atoms with E-state index in [0.29, 0.717) is 6.54 Å². The van der Waals surface area contributed by atoms with Gasteiger partial charge in [-0.25, -0.2) is 4.79 Å². The van der Waals surface area contributed by atoms with Crippen molar-refractivity contribution in [1.82, 2.24) is 15.2 Å². The Labute approximate surface area is 134 Å². The molecular formula is C17H29N3O2. The Morgan fingerprint density at radius 2 is 2.18 bits per heavy atom. The number of carbonyl (C=O) groups is 1. The SMILES string of the molecule is COC(C)(C)CCNC(=O)N(C)[C@H](C)Cc1ncccc1C. The summed E-state index contributed by atoms with van der Waals surface area (Å²) >= 11 is 0. The third-order valence-corrected chi connectivity index (χ3v) is 4.14. The van der Waals surface area contributed by atoms with Crippen LogP contribution in [0.2, 0.25) is 0 Å². The largest absolute Gasteiger partial charge is 0.379 e. The van der Waals surface area contributed by atoms with E-state index in [2.05, 4.69) is 10.3 Å². The van der Waals surface area contributed by atoms with Gasteiger partial charge in [-0.3, -0.25) is 4.98 Å². The number of ether oxygens (including phenoxy) is 1. The van der Waals surface area contributed by atoms with Crippen LogP contribution in [0.3, 0.4) is 0 Å². The molecule has 0 aromatic carbocycles. The average Bonchev–Trinajstić information content (AvgIpc) is 2.48. The molecule has 0 radical (unpaired) electrons. The van der Waals surface area contributed by atoms with Gasteiger partial charge in [-0.15, -0.1) is 0 Å². The van der Waals surface area contributed by atoms with Crippen molar-refractivity contribution in [3.63, 3.8) is 0 Å². The summed E-state index contributed by atoms with van der Waals surface area (Å²) in [6, 6.07) is 4.00. The number of nitrogens with zero attached hydrogens (tertiary/aromatic N) is 2. The van der Waals surface area contributed by atoms with E-state index in [1.807, 2.05) is 46.9 Å². The highest BCUT2D eigenvalue weighted by Gasteiger charge is 2.19. The molecule has 0 unspecified atom stereocenters. The lowest BCUT2D eigenvalue weighted by Gasteiger charge is -2.27. The molecule has 1 N–H and O–H groups in total. The fourth-order valence-electron chi connectivity index (χ4n) is 2.05. The lowest BCUT2D eigenvalue weighted by molar-refractivity contribution is 0.0162. The number of aromatic nitrogens is 1. The second-order valence-electron chi connectivity index (χ2n) is 6.38. The van der Waals surface area contributed by atoms with E-state index >= 15 is 0 Å². The Kier molecular flexibility index (Phi) is 6.81. The van der Waals surface area contributed by atoms with E-state index in [1.54, 1.807) is 18.2 Å². The predicted octanol–water partition coefficient (Wildman–Crippen LogP) is 2.78. The number of carbonyl (C=O) groups excluding carboxylic acids is 1. The summed E-state index contributed by atoms with van der Waals surface area (Å²) in [7, 11) is 3.50. The van der Waals surface area contributed by atoms with Crippen molar-refractivity contribution in [2.24, 2.45) is 0 Å². The first-order valence-electron chi connectivity index (χ1n) is 7.73. The van der Waals surface area contributed by atoms with Gasteiger partial charge in [0.05, 0.1) is 5.60 Å². The molecule has 0 aliphatic carbocycles. The van der Waals surface area contributed by atoms with E-state index in [9.17, 15) is 4.79 Å². The second-order valence-corrected chi connectivity index (χ2v) is 6.38. The number of methoxy groups -OCH3 is 1. The Bertz CT molecular complexity index is 489. The van der Waals surface area contributed by atoms with Crippen LogP contribution in [0.25, 0.3) is 0 Å². The average molecular weight is 307 g/mol. The van der Waals surface area contributed by atoms with Crippen LogP contribution >= 0.6 is 0 Å². The minimum Gasteiger partial charge on any atom is -0.379 e. The minimum atomic E-state index is -0.220. The van der Waals surface area contributed by atoms with Gasteiger partial charge in [0.25, 0.3) is 0 Å². The summed E-state index contributed by atoms with van der Waals surface area (Å²) in [5, 5.41) is 2.94. The zero-order chi connectivity index (χ0) is 16.8. The van der Waals surface area contributed by atoms with Crippen LogP contribution in [0.5, 0.6) is 0 Å². The first kappa shape index (κ1) is 18.4. The molecule has 0 saturated carbocycles. The number of nitrogens with one attached hydrogen (secondary N) is 1. The van der Waals surface area contributed by atoms with Crippen molar-refractivity contribution >= 4 is 6.03 Å². The van der Waals surface area contributed by atoms with Crippen molar-refractivity contribution in [2.45, 2.75) is 52.2 Å². The van der Waals surface area contributed by atoms with E-state index in [-0.39, 0.29) is 17.7 Å². The Balaban J connectivity index is 2.47. The molecule has 0 aliphatic rings. The zero-order valence-corrected chi connectivity index (χ0v) is 14.6. The van der Waals surface area contributed by atoms with Gasteiger partial charge in [-0.2, -0.15) is 0 Å². The van der Waals surface area contributed by atoms with Gasteiger partial charge in [0.2, 0.25) is 0 Å². The molecule has 1 rings (SSSR count). The lowest BCUT2D eigenvalue weighted by Crippen LogP contribution is -2.44. The van der Waals surface area contributed by atoms with Crippen molar-refractivity contribution < 1.29 is 9.53 Å². The molecule has 22 heavy (non-hydrogen) atoms. The molecule has 1 heterocycles. The Morgan fingerprint density at radius 1 is 1.50 bits per heavy atom. The molecule has 1 aromatic heterocycles. The number of hydrogen-bond donors (Lipinski definition) is 1. The molecular weight excluding hydrogens is 278 g/mol. The normalized spacial score (nSPS) is 12.8. The molecule has 5 nitrogen and oxygen atoms in total. The minimum absolute atomic E-state index is 0.0620. The number of rotatable bonds is 7. The molecule has 2 amide bonds. The highest BCUT2D eigenvalue weighted by atomic mass is 16.5. The van der Waals surface area contributed by atoms with Gasteiger partial charge in [0, 0.05) is 45.1 Å².